The zero-order chi connectivity index (χ0) is 8.27. The highest BCUT2D eigenvalue weighted by Gasteiger charge is 2.27. The second-order valence-corrected chi connectivity index (χ2v) is 2.94. The van der Waals surface area contributed by atoms with Crippen molar-refractivity contribution >= 4 is 5.97 Å². The molecule has 0 bridgehead atoms. The van der Waals surface area contributed by atoms with Crippen LogP contribution in [0, 0.1) is 13.0 Å². The van der Waals surface area contributed by atoms with E-state index in [2.05, 4.69) is 7.05 Å². The molecule has 1 rings (SSSR count). The summed E-state index contributed by atoms with van der Waals surface area (Å²) in [6.45, 7) is 4.14. The summed E-state index contributed by atoms with van der Waals surface area (Å²) < 4.78 is 4.89. The average Bonchev–Trinajstić information content (AvgIpc) is 2.36. The Bertz CT molecular complexity index is 147. The van der Waals surface area contributed by atoms with E-state index >= 15 is 0 Å². The molecule has 1 unspecified atom stereocenters. The number of carbonyl (C=O) groups excluding carboxylic acids is 1. The van der Waals surface area contributed by atoms with Crippen LogP contribution in [0.15, 0.2) is 0 Å². The normalized spacial score (nSPS) is 30.4. The van der Waals surface area contributed by atoms with Crippen LogP contribution in [0.1, 0.15) is 13.3 Å². The lowest BCUT2D eigenvalue weighted by Crippen LogP contribution is -3.04. The topological polar surface area (TPSA) is 30.7 Å². The molecule has 64 valence electrons. The second kappa shape index (κ2) is 3.72. The highest BCUT2D eigenvalue weighted by atomic mass is 16.5. The van der Waals surface area contributed by atoms with Crippen molar-refractivity contribution in [2.75, 3.05) is 19.7 Å². The lowest BCUT2D eigenvalue weighted by atomic mass is 10.1. The summed E-state index contributed by atoms with van der Waals surface area (Å²) in [5, 5.41) is 0. The van der Waals surface area contributed by atoms with E-state index in [0.717, 1.165) is 19.5 Å². The van der Waals surface area contributed by atoms with Crippen LogP contribution >= 0.6 is 0 Å². The molecule has 1 saturated heterocycles. The molecule has 0 radical (unpaired) electrons. The molecule has 0 saturated carbocycles. The Hall–Kier alpha value is -0.570. The summed E-state index contributed by atoms with van der Waals surface area (Å²) >= 11 is 0. The molecule has 0 aromatic heterocycles. The Labute approximate surface area is 67.3 Å². The minimum Gasteiger partial charge on any atom is -0.467 e. The first-order valence-corrected chi connectivity index (χ1v) is 4.07. The van der Waals surface area contributed by atoms with Gasteiger partial charge in [0, 0.05) is 6.42 Å². The van der Waals surface area contributed by atoms with Crippen LogP contribution in [0.5, 0.6) is 0 Å². The van der Waals surface area contributed by atoms with E-state index in [0.29, 0.717) is 6.61 Å². The summed E-state index contributed by atoms with van der Waals surface area (Å²) in [5.41, 5.74) is 0. The molecule has 0 amide bonds. The maximum Gasteiger partial charge on any atom is 0.314 e. The van der Waals surface area contributed by atoms with Gasteiger partial charge < -0.3 is 9.64 Å². The number of hydrogen-bond donors (Lipinski definition) is 1. The van der Waals surface area contributed by atoms with Crippen molar-refractivity contribution in [3.05, 3.63) is 7.05 Å². The second-order valence-electron chi connectivity index (χ2n) is 2.94. The van der Waals surface area contributed by atoms with Crippen molar-refractivity contribution in [3.63, 3.8) is 0 Å². The Morgan fingerprint density at radius 1 is 1.82 bits per heavy atom. The fraction of sp³-hybridized carbons (Fsp3) is 0.750. The van der Waals surface area contributed by atoms with Crippen LogP contribution in [0.3, 0.4) is 0 Å². The molecule has 1 heterocycles. The Morgan fingerprint density at radius 2 is 2.55 bits per heavy atom. The number of nitrogens with one attached hydrogen (secondary N) is 1. The predicted octanol–water partition coefficient (Wildman–Crippen LogP) is -0.754. The van der Waals surface area contributed by atoms with E-state index in [1.165, 1.54) is 4.90 Å². The molecular weight excluding hydrogens is 142 g/mol. The Morgan fingerprint density at radius 3 is 3.00 bits per heavy atom. The molecule has 3 nitrogen and oxygen atoms in total. The van der Waals surface area contributed by atoms with Crippen molar-refractivity contribution in [2.45, 2.75) is 13.3 Å². The van der Waals surface area contributed by atoms with Crippen molar-refractivity contribution in [3.8, 4) is 0 Å². The summed E-state index contributed by atoms with van der Waals surface area (Å²) in [7, 11) is 3.84. The average molecular weight is 157 g/mol. The van der Waals surface area contributed by atoms with Crippen LogP contribution in [0.2, 0.25) is 0 Å². The summed E-state index contributed by atoms with van der Waals surface area (Å²) in [4.78, 5) is 12.3. The largest absolute Gasteiger partial charge is 0.467 e. The van der Waals surface area contributed by atoms with Gasteiger partial charge >= 0.3 is 5.97 Å². The zero-order valence-electron chi connectivity index (χ0n) is 6.93. The van der Waals surface area contributed by atoms with Gasteiger partial charge in [-0.25, -0.2) is 0 Å². The third-order valence-electron chi connectivity index (χ3n) is 2.00. The van der Waals surface area contributed by atoms with Gasteiger partial charge in [-0.2, -0.15) is 7.05 Å². The van der Waals surface area contributed by atoms with E-state index < -0.39 is 0 Å². The molecule has 0 aliphatic carbocycles. The lowest BCUT2D eigenvalue weighted by molar-refractivity contribution is -0.840. The maximum atomic E-state index is 11.1. The number of likely N-dealkylation sites (tertiary alicyclic amines) is 1. The monoisotopic (exact) mass is 157 g/mol. The first kappa shape index (κ1) is 8.53. The Kier molecular flexibility index (Phi) is 2.88. The van der Waals surface area contributed by atoms with Crippen molar-refractivity contribution < 1.29 is 14.4 Å². The van der Waals surface area contributed by atoms with E-state index in [1.807, 2.05) is 6.92 Å². The fourth-order valence-electron chi connectivity index (χ4n) is 1.39. The molecule has 1 fully saturated rings. The number of rotatable bonds is 2. The van der Waals surface area contributed by atoms with E-state index in [1.54, 1.807) is 0 Å². The standard InChI is InChI=1S/C8H15NO2/c1-3-11-8(10)7-4-5-9(2)6-7/h7,9H,2-6H2,1H3/t7-/m0/s1. The van der Waals surface area contributed by atoms with Gasteiger partial charge in [-0.1, -0.05) is 0 Å². The Balaban J connectivity index is 2.31. The van der Waals surface area contributed by atoms with E-state index in [9.17, 15) is 4.79 Å². The molecule has 11 heavy (non-hydrogen) atoms. The number of ether oxygens (including phenoxy) is 1. The minimum absolute atomic E-state index is 0.0499. The minimum atomic E-state index is -0.0499. The molecule has 0 aromatic carbocycles. The SMILES string of the molecule is [CH2-][NH+]1CC[C@H](C(=O)OCC)C1. The predicted molar refractivity (Wildman–Crippen MR) is 40.8 cm³/mol. The molecule has 0 aromatic rings. The number of quaternary nitrogens is 1. The lowest BCUT2D eigenvalue weighted by Gasteiger charge is -2.11. The van der Waals surface area contributed by atoms with Crippen molar-refractivity contribution in [2.24, 2.45) is 5.92 Å². The summed E-state index contributed by atoms with van der Waals surface area (Å²) in [5.74, 6) is 0.0496. The number of carbonyl (C=O) groups is 1. The van der Waals surface area contributed by atoms with Gasteiger partial charge in [0.15, 0.2) is 0 Å². The van der Waals surface area contributed by atoms with Crippen LogP contribution in [0.4, 0.5) is 0 Å². The summed E-state index contributed by atoms with van der Waals surface area (Å²) in [6.07, 6.45) is 0.928. The maximum absolute atomic E-state index is 11.1. The molecule has 2 atom stereocenters. The van der Waals surface area contributed by atoms with Gasteiger partial charge in [0.25, 0.3) is 0 Å². The van der Waals surface area contributed by atoms with Crippen LogP contribution < -0.4 is 4.90 Å². The van der Waals surface area contributed by atoms with Crippen LogP contribution in [0.25, 0.3) is 0 Å². The van der Waals surface area contributed by atoms with E-state index in [4.69, 9.17) is 4.74 Å². The third-order valence-corrected chi connectivity index (χ3v) is 2.00. The molecule has 0 spiro atoms. The van der Waals surface area contributed by atoms with Crippen molar-refractivity contribution in [1.29, 1.82) is 0 Å². The van der Waals surface area contributed by atoms with Gasteiger partial charge in [-0.15, -0.1) is 0 Å². The zero-order valence-corrected chi connectivity index (χ0v) is 6.93. The third kappa shape index (κ3) is 2.19. The summed E-state index contributed by atoms with van der Waals surface area (Å²) in [6, 6.07) is 0. The highest BCUT2D eigenvalue weighted by Crippen LogP contribution is 2.05. The quantitative estimate of drug-likeness (QED) is 0.422. The molecule has 3 heteroatoms. The van der Waals surface area contributed by atoms with E-state index in [-0.39, 0.29) is 11.9 Å². The van der Waals surface area contributed by atoms with Gasteiger partial charge in [-0.3, -0.25) is 4.79 Å². The first-order valence-electron chi connectivity index (χ1n) is 4.07. The number of esters is 1. The van der Waals surface area contributed by atoms with Crippen molar-refractivity contribution in [1.82, 2.24) is 0 Å². The van der Waals surface area contributed by atoms with Crippen LogP contribution in [-0.2, 0) is 9.53 Å². The number of hydrogen-bond acceptors (Lipinski definition) is 2. The van der Waals surface area contributed by atoms with Gasteiger partial charge in [0.05, 0.1) is 19.7 Å². The smallest absolute Gasteiger partial charge is 0.314 e. The first-order chi connectivity index (χ1) is 5.24. The molecule has 1 N–H and O–H groups in total. The molecular formula is C8H15NO2. The van der Waals surface area contributed by atoms with Crippen LogP contribution in [-0.4, -0.2) is 25.7 Å². The molecule has 1 aliphatic heterocycles. The fourth-order valence-corrected chi connectivity index (χ4v) is 1.39. The molecule has 1 aliphatic rings. The van der Waals surface area contributed by atoms with Gasteiger partial charge in [0.2, 0.25) is 0 Å². The highest BCUT2D eigenvalue weighted by molar-refractivity contribution is 5.72. The van der Waals surface area contributed by atoms with Gasteiger partial charge in [0.1, 0.15) is 5.92 Å². The van der Waals surface area contributed by atoms with Gasteiger partial charge in [-0.05, 0) is 6.92 Å².